The summed E-state index contributed by atoms with van der Waals surface area (Å²) in [5.41, 5.74) is 2.06. The molecule has 29 heavy (non-hydrogen) atoms. The molecule has 6 nitrogen and oxygen atoms in total. The molecule has 1 heterocycles. The Morgan fingerprint density at radius 2 is 1.83 bits per heavy atom. The average Bonchev–Trinajstić information content (AvgIpc) is 3.08. The molecule has 0 bridgehead atoms. The van der Waals surface area contributed by atoms with E-state index in [4.69, 9.17) is 16.3 Å². The second-order valence-corrected chi connectivity index (χ2v) is 7.59. The molecule has 0 fully saturated rings. The number of benzene rings is 2. The van der Waals surface area contributed by atoms with Crippen LogP contribution in [-0.2, 0) is 20.7 Å². The van der Waals surface area contributed by atoms with Gasteiger partial charge in [-0.25, -0.2) is 9.78 Å². The minimum atomic E-state index is -0.684. The number of hydrogen-bond donors (Lipinski definition) is 1. The van der Waals surface area contributed by atoms with E-state index in [1.54, 1.807) is 49.4 Å². The molecule has 3 aromatic rings. The molecule has 0 aliphatic heterocycles. The number of nitrogens with zero attached hydrogens (tertiary/aromatic N) is 1. The number of aryl methyl sites for hydroxylation is 1. The number of nitrogens with one attached hydrogen (secondary N) is 1. The Balaban J connectivity index is 1.55. The number of ether oxygens (including phenoxy) is 1. The third kappa shape index (κ3) is 5.73. The number of carbonyl (C=O) groups is 3. The maximum atomic E-state index is 12.3. The van der Waals surface area contributed by atoms with E-state index in [0.29, 0.717) is 20.6 Å². The molecule has 2 amide bonds. The van der Waals surface area contributed by atoms with Gasteiger partial charge < -0.3 is 4.74 Å². The molecule has 0 spiro atoms. The first-order valence-corrected chi connectivity index (χ1v) is 9.89. The predicted octanol–water partition coefficient (Wildman–Crippen LogP) is 3.81. The van der Waals surface area contributed by atoms with Crippen molar-refractivity contribution >= 4 is 40.7 Å². The third-order valence-corrected chi connectivity index (χ3v) is 5.30. The summed E-state index contributed by atoms with van der Waals surface area (Å²) in [6.07, 6.45) is 0.0669. The highest BCUT2D eigenvalue weighted by atomic mass is 35.5. The number of carbonyl (C=O) groups excluding carboxylic acids is 3. The van der Waals surface area contributed by atoms with Crippen LogP contribution in [0.15, 0.2) is 54.6 Å². The number of halogens is 1. The molecular formula is C21H17ClN2O4S. The summed E-state index contributed by atoms with van der Waals surface area (Å²) in [7, 11) is 0. The van der Waals surface area contributed by atoms with E-state index in [1.165, 1.54) is 0 Å². The minimum Gasteiger partial charge on any atom is -0.451 e. The highest BCUT2D eigenvalue weighted by Crippen LogP contribution is 2.29. The summed E-state index contributed by atoms with van der Waals surface area (Å²) < 4.78 is 5.04. The molecule has 2 aromatic carbocycles. The van der Waals surface area contributed by atoms with E-state index in [2.05, 4.69) is 10.3 Å². The topological polar surface area (TPSA) is 85.4 Å². The van der Waals surface area contributed by atoms with Gasteiger partial charge in [0.15, 0.2) is 6.61 Å². The first kappa shape index (κ1) is 20.7. The quantitative estimate of drug-likeness (QED) is 0.603. The van der Waals surface area contributed by atoms with E-state index in [1.807, 2.05) is 12.1 Å². The number of thiazole rings is 1. The lowest BCUT2D eigenvalue weighted by molar-refractivity contribution is -0.132. The number of hydrogen-bond acceptors (Lipinski definition) is 6. The second-order valence-electron chi connectivity index (χ2n) is 6.15. The van der Waals surface area contributed by atoms with Gasteiger partial charge in [-0.2, -0.15) is 0 Å². The Labute approximate surface area is 176 Å². The lowest BCUT2D eigenvalue weighted by Gasteiger charge is -2.05. The van der Waals surface area contributed by atoms with Crippen LogP contribution in [0.25, 0.3) is 10.6 Å². The van der Waals surface area contributed by atoms with Crippen molar-refractivity contribution in [2.24, 2.45) is 0 Å². The molecule has 0 atom stereocenters. The summed E-state index contributed by atoms with van der Waals surface area (Å²) in [6.45, 7) is 1.13. The van der Waals surface area contributed by atoms with Crippen molar-refractivity contribution in [3.05, 3.63) is 75.8 Å². The lowest BCUT2D eigenvalue weighted by Crippen LogP contribution is -2.35. The first-order chi connectivity index (χ1) is 13.9. The van der Waals surface area contributed by atoms with Crippen molar-refractivity contribution in [3.8, 4) is 10.6 Å². The van der Waals surface area contributed by atoms with Crippen molar-refractivity contribution in [1.82, 2.24) is 10.3 Å². The first-order valence-electron chi connectivity index (χ1n) is 8.69. The van der Waals surface area contributed by atoms with Crippen molar-refractivity contribution in [2.45, 2.75) is 13.3 Å². The van der Waals surface area contributed by atoms with Gasteiger partial charge in [-0.05, 0) is 24.6 Å². The van der Waals surface area contributed by atoms with Crippen LogP contribution in [-0.4, -0.2) is 29.4 Å². The summed E-state index contributed by atoms with van der Waals surface area (Å²) >= 11 is 7.15. The number of amides is 2. The van der Waals surface area contributed by atoms with Gasteiger partial charge in [0.1, 0.15) is 9.88 Å². The zero-order valence-corrected chi connectivity index (χ0v) is 17.0. The average molecular weight is 429 g/mol. The highest BCUT2D eigenvalue weighted by molar-refractivity contribution is 7.17. The molecule has 0 saturated heterocycles. The van der Waals surface area contributed by atoms with Crippen LogP contribution >= 0.6 is 22.9 Å². The molecule has 0 aliphatic carbocycles. The molecule has 0 radical (unpaired) electrons. The Bertz CT molecular complexity index is 1050. The molecule has 0 aliphatic rings. The monoisotopic (exact) mass is 428 g/mol. The van der Waals surface area contributed by atoms with E-state index in [0.717, 1.165) is 22.5 Å². The Hall–Kier alpha value is -3.03. The summed E-state index contributed by atoms with van der Waals surface area (Å²) in [5.74, 6) is -1.81. The van der Waals surface area contributed by atoms with Crippen molar-refractivity contribution in [3.63, 3.8) is 0 Å². The van der Waals surface area contributed by atoms with Crippen molar-refractivity contribution < 1.29 is 19.1 Å². The van der Waals surface area contributed by atoms with E-state index in [9.17, 15) is 14.4 Å². The molecule has 1 aromatic heterocycles. The Morgan fingerprint density at radius 3 is 2.55 bits per heavy atom. The molecule has 0 unspecified atom stereocenters. The van der Waals surface area contributed by atoms with Crippen LogP contribution in [0.4, 0.5) is 0 Å². The van der Waals surface area contributed by atoms with Gasteiger partial charge in [-0.3, -0.25) is 14.9 Å². The Morgan fingerprint density at radius 1 is 1.07 bits per heavy atom. The second kappa shape index (κ2) is 9.45. The summed E-state index contributed by atoms with van der Waals surface area (Å²) in [4.78, 5) is 40.8. The highest BCUT2D eigenvalue weighted by Gasteiger charge is 2.19. The van der Waals surface area contributed by atoms with Crippen LogP contribution < -0.4 is 5.32 Å². The predicted molar refractivity (Wildman–Crippen MR) is 111 cm³/mol. The number of imide groups is 1. The smallest absolute Gasteiger partial charge is 0.350 e. The van der Waals surface area contributed by atoms with Crippen LogP contribution in [0.5, 0.6) is 0 Å². The maximum absolute atomic E-state index is 12.3. The number of aromatic nitrogens is 1. The molecule has 148 valence electrons. The van der Waals surface area contributed by atoms with Crippen molar-refractivity contribution in [2.75, 3.05) is 6.61 Å². The van der Waals surface area contributed by atoms with Crippen LogP contribution in [0.2, 0.25) is 5.02 Å². The van der Waals surface area contributed by atoms with E-state index < -0.39 is 24.4 Å². The van der Waals surface area contributed by atoms with Crippen LogP contribution in [0.3, 0.4) is 0 Å². The zero-order valence-electron chi connectivity index (χ0n) is 15.5. The van der Waals surface area contributed by atoms with Gasteiger partial charge in [0.2, 0.25) is 5.91 Å². The largest absolute Gasteiger partial charge is 0.451 e. The van der Waals surface area contributed by atoms with Gasteiger partial charge in [0.05, 0.1) is 12.1 Å². The molecule has 8 heteroatoms. The maximum Gasteiger partial charge on any atom is 0.350 e. The van der Waals surface area contributed by atoms with Gasteiger partial charge in [-0.15, -0.1) is 11.3 Å². The van der Waals surface area contributed by atoms with Gasteiger partial charge in [0, 0.05) is 10.6 Å². The van der Waals surface area contributed by atoms with E-state index in [-0.39, 0.29) is 6.42 Å². The number of rotatable bonds is 6. The van der Waals surface area contributed by atoms with Gasteiger partial charge >= 0.3 is 5.97 Å². The lowest BCUT2D eigenvalue weighted by atomic mass is 10.1. The van der Waals surface area contributed by atoms with Crippen molar-refractivity contribution in [1.29, 1.82) is 0 Å². The van der Waals surface area contributed by atoms with E-state index >= 15 is 0 Å². The summed E-state index contributed by atoms with van der Waals surface area (Å²) in [5, 5.41) is 3.40. The minimum absolute atomic E-state index is 0.0669. The number of esters is 1. The van der Waals surface area contributed by atoms with Gasteiger partial charge in [0.25, 0.3) is 5.91 Å². The normalized spacial score (nSPS) is 10.4. The fraction of sp³-hybridized carbons (Fsp3) is 0.143. The fourth-order valence-electron chi connectivity index (χ4n) is 2.54. The SMILES string of the molecule is Cc1nc(-c2cccc(Cl)c2)sc1C(=O)OCC(=O)NC(=O)Cc1ccccc1. The third-order valence-electron chi connectivity index (χ3n) is 3.87. The molecule has 0 saturated carbocycles. The fourth-order valence-corrected chi connectivity index (χ4v) is 3.69. The van der Waals surface area contributed by atoms with Crippen LogP contribution in [0.1, 0.15) is 20.9 Å². The van der Waals surface area contributed by atoms with Gasteiger partial charge in [-0.1, -0.05) is 54.1 Å². The van der Waals surface area contributed by atoms with Crippen LogP contribution in [0, 0.1) is 6.92 Å². The zero-order chi connectivity index (χ0) is 20.8. The molecular weight excluding hydrogens is 412 g/mol. The Kier molecular flexibility index (Phi) is 6.74. The molecule has 3 rings (SSSR count). The molecule has 1 N–H and O–H groups in total. The standard InChI is InChI=1S/C21H17ClN2O4S/c1-13-19(29-20(23-13)15-8-5-9-16(22)11-15)21(27)28-12-18(26)24-17(25)10-14-6-3-2-4-7-14/h2-9,11H,10,12H2,1H3,(H,24,25,26). The summed E-state index contributed by atoms with van der Waals surface area (Å²) in [6, 6.07) is 16.2.